The van der Waals surface area contributed by atoms with E-state index in [4.69, 9.17) is 20.5 Å². The number of rotatable bonds is 4. The third-order valence-corrected chi connectivity index (χ3v) is 3.18. The number of nitrogens with two attached hydrogens (primary N) is 1. The minimum Gasteiger partial charge on any atom is -0.464 e. The Morgan fingerprint density at radius 3 is 2.70 bits per heavy atom. The van der Waals surface area contributed by atoms with Gasteiger partial charge in [-0.1, -0.05) is 6.07 Å². The fraction of sp³-hybridized carbons (Fsp3) is 0.188. The summed E-state index contributed by atoms with van der Waals surface area (Å²) in [6, 6.07) is 8.38. The summed E-state index contributed by atoms with van der Waals surface area (Å²) >= 11 is 0. The van der Waals surface area contributed by atoms with E-state index in [1.54, 1.807) is 31.2 Å². The Kier molecular flexibility index (Phi) is 4.66. The normalized spacial score (nSPS) is 9.96. The Morgan fingerprint density at radius 1 is 1.35 bits per heavy atom. The number of nitrogens with zero attached hydrogens (tertiary/aromatic N) is 2. The molecule has 0 radical (unpaired) electrons. The molecule has 0 atom stereocenters. The van der Waals surface area contributed by atoms with Crippen LogP contribution in [-0.4, -0.2) is 30.2 Å². The second-order valence-corrected chi connectivity index (χ2v) is 4.55. The number of esters is 2. The highest BCUT2D eigenvalue weighted by Gasteiger charge is 2.22. The third kappa shape index (κ3) is 3.01. The third-order valence-electron chi connectivity index (χ3n) is 3.18. The van der Waals surface area contributed by atoms with Gasteiger partial charge in [-0.3, -0.25) is 0 Å². The number of nitriles is 1. The number of hydrogen-bond donors (Lipinski definition) is 1. The minimum atomic E-state index is -0.675. The van der Waals surface area contributed by atoms with Crippen LogP contribution in [0.4, 0.5) is 5.69 Å². The Labute approximate surface area is 132 Å². The van der Waals surface area contributed by atoms with Crippen molar-refractivity contribution in [2.45, 2.75) is 6.92 Å². The van der Waals surface area contributed by atoms with E-state index in [2.05, 4.69) is 0 Å². The zero-order valence-electron chi connectivity index (χ0n) is 12.7. The molecule has 0 spiro atoms. The molecule has 7 nitrogen and oxygen atoms in total. The maximum Gasteiger partial charge on any atom is 0.357 e. The van der Waals surface area contributed by atoms with Crippen LogP contribution in [0.15, 0.2) is 30.5 Å². The lowest BCUT2D eigenvalue weighted by atomic mass is 10.2. The van der Waals surface area contributed by atoms with Gasteiger partial charge in [-0.15, -0.1) is 0 Å². The van der Waals surface area contributed by atoms with Gasteiger partial charge in [-0.05, 0) is 25.1 Å². The first-order valence-corrected chi connectivity index (χ1v) is 6.80. The van der Waals surface area contributed by atoms with E-state index < -0.39 is 11.9 Å². The molecule has 0 aliphatic carbocycles. The zero-order chi connectivity index (χ0) is 17.0. The number of carbonyl (C=O) groups is 2. The Bertz CT molecular complexity index is 802. The summed E-state index contributed by atoms with van der Waals surface area (Å²) in [5.41, 5.74) is 6.86. The zero-order valence-corrected chi connectivity index (χ0v) is 12.7. The summed E-state index contributed by atoms with van der Waals surface area (Å²) in [5, 5.41) is 9.10. The van der Waals surface area contributed by atoms with E-state index in [0.717, 1.165) is 0 Å². The van der Waals surface area contributed by atoms with Crippen molar-refractivity contribution in [2.75, 3.05) is 19.5 Å². The molecule has 0 saturated heterocycles. The SMILES string of the molecule is CCOC(=O)c1cccc(-n2cc(C#N)c(N)c2C(=O)OC)c1. The van der Waals surface area contributed by atoms with Gasteiger partial charge in [0.25, 0.3) is 0 Å². The Balaban J connectivity index is 2.59. The quantitative estimate of drug-likeness (QED) is 0.864. The predicted molar refractivity (Wildman–Crippen MR) is 82.2 cm³/mol. The first-order valence-electron chi connectivity index (χ1n) is 6.80. The van der Waals surface area contributed by atoms with Gasteiger partial charge in [0, 0.05) is 11.9 Å². The molecule has 0 unspecified atom stereocenters. The largest absolute Gasteiger partial charge is 0.464 e. The van der Waals surface area contributed by atoms with Crippen LogP contribution in [0.3, 0.4) is 0 Å². The highest BCUT2D eigenvalue weighted by atomic mass is 16.5. The van der Waals surface area contributed by atoms with Gasteiger partial charge in [0.05, 0.1) is 30.5 Å². The first-order chi connectivity index (χ1) is 11.0. The molecule has 0 aliphatic rings. The number of anilines is 1. The highest BCUT2D eigenvalue weighted by Crippen LogP contribution is 2.25. The smallest absolute Gasteiger partial charge is 0.357 e. The molecule has 118 valence electrons. The topological polar surface area (TPSA) is 107 Å². The number of methoxy groups -OCH3 is 1. The molecule has 2 aromatic rings. The van der Waals surface area contributed by atoms with Crippen molar-refractivity contribution in [3.05, 3.63) is 47.3 Å². The molecule has 0 saturated carbocycles. The van der Waals surface area contributed by atoms with E-state index in [1.807, 2.05) is 6.07 Å². The summed E-state index contributed by atoms with van der Waals surface area (Å²) in [6.07, 6.45) is 1.42. The fourth-order valence-corrected chi connectivity index (χ4v) is 2.12. The Hall–Kier alpha value is -3.27. The monoisotopic (exact) mass is 313 g/mol. The van der Waals surface area contributed by atoms with Crippen LogP contribution in [0.1, 0.15) is 33.3 Å². The summed E-state index contributed by atoms with van der Waals surface area (Å²) < 4.78 is 11.1. The number of hydrogen-bond acceptors (Lipinski definition) is 6. The van der Waals surface area contributed by atoms with Crippen molar-refractivity contribution in [2.24, 2.45) is 0 Å². The van der Waals surface area contributed by atoms with Crippen LogP contribution in [0.25, 0.3) is 5.69 Å². The Morgan fingerprint density at radius 2 is 2.09 bits per heavy atom. The molecule has 1 aromatic heterocycles. The average molecular weight is 313 g/mol. The average Bonchev–Trinajstić information content (AvgIpc) is 2.91. The van der Waals surface area contributed by atoms with Crippen molar-refractivity contribution in [1.82, 2.24) is 4.57 Å². The van der Waals surface area contributed by atoms with E-state index in [-0.39, 0.29) is 23.6 Å². The number of carbonyl (C=O) groups excluding carboxylic acids is 2. The number of benzene rings is 1. The van der Waals surface area contributed by atoms with Crippen LogP contribution in [-0.2, 0) is 9.47 Å². The van der Waals surface area contributed by atoms with Crippen molar-refractivity contribution in [1.29, 1.82) is 5.26 Å². The molecule has 0 amide bonds. The number of ether oxygens (including phenoxy) is 2. The van der Waals surface area contributed by atoms with Crippen LogP contribution in [0, 0.1) is 11.3 Å². The minimum absolute atomic E-state index is 0.0286. The van der Waals surface area contributed by atoms with Crippen molar-refractivity contribution in [3.63, 3.8) is 0 Å². The molecule has 0 fully saturated rings. The molecule has 7 heteroatoms. The van der Waals surface area contributed by atoms with Crippen LogP contribution >= 0.6 is 0 Å². The van der Waals surface area contributed by atoms with Crippen molar-refractivity contribution >= 4 is 17.6 Å². The molecule has 23 heavy (non-hydrogen) atoms. The highest BCUT2D eigenvalue weighted by molar-refractivity contribution is 5.96. The second-order valence-electron chi connectivity index (χ2n) is 4.55. The lowest BCUT2D eigenvalue weighted by Crippen LogP contribution is -2.12. The molecule has 2 N–H and O–H groups in total. The summed E-state index contributed by atoms with van der Waals surface area (Å²) in [6.45, 7) is 1.97. The molecular weight excluding hydrogens is 298 g/mol. The van der Waals surface area contributed by atoms with Gasteiger partial charge >= 0.3 is 11.9 Å². The summed E-state index contributed by atoms with van der Waals surface area (Å²) in [7, 11) is 1.22. The molecule has 2 rings (SSSR count). The molecule has 1 heterocycles. The molecular formula is C16H15N3O4. The fourth-order valence-electron chi connectivity index (χ4n) is 2.12. The second kappa shape index (κ2) is 6.66. The van der Waals surface area contributed by atoms with Crippen molar-refractivity contribution in [3.8, 4) is 11.8 Å². The van der Waals surface area contributed by atoms with Gasteiger partial charge in [-0.2, -0.15) is 5.26 Å². The van der Waals surface area contributed by atoms with Crippen LogP contribution in [0.5, 0.6) is 0 Å². The van der Waals surface area contributed by atoms with E-state index in [1.165, 1.54) is 17.9 Å². The standard InChI is InChI=1S/C16H15N3O4/c1-3-23-15(20)10-5-4-6-12(7-10)19-9-11(8-17)13(18)14(19)16(21)22-2/h4-7,9H,3,18H2,1-2H3. The van der Waals surface area contributed by atoms with Gasteiger partial charge < -0.3 is 19.8 Å². The van der Waals surface area contributed by atoms with Crippen LogP contribution in [0.2, 0.25) is 0 Å². The van der Waals surface area contributed by atoms with Gasteiger partial charge in [0.15, 0.2) is 5.69 Å². The summed E-state index contributed by atoms with van der Waals surface area (Å²) in [4.78, 5) is 23.8. The van der Waals surface area contributed by atoms with Gasteiger partial charge in [0.2, 0.25) is 0 Å². The lowest BCUT2D eigenvalue weighted by Gasteiger charge is -2.10. The maximum atomic E-state index is 12.0. The molecule has 0 aliphatic heterocycles. The molecule has 0 bridgehead atoms. The maximum absolute atomic E-state index is 12.0. The van der Waals surface area contributed by atoms with E-state index in [9.17, 15) is 9.59 Å². The predicted octanol–water partition coefficient (Wildman–Crippen LogP) is 1.89. The van der Waals surface area contributed by atoms with Gasteiger partial charge in [-0.25, -0.2) is 9.59 Å². The lowest BCUT2D eigenvalue weighted by molar-refractivity contribution is 0.0525. The number of aromatic nitrogens is 1. The first kappa shape index (κ1) is 16.1. The molecule has 1 aromatic carbocycles. The van der Waals surface area contributed by atoms with E-state index >= 15 is 0 Å². The van der Waals surface area contributed by atoms with E-state index in [0.29, 0.717) is 11.3 Å². The van der Waals surface area contributed by atoms with Gasteiger partial charge in [0.1, 0.15) is 6.07 Å². The number of nitrogen functional groups attached to an aromatic ring is 1. The van der Waals surface area contributed by atoms with Crippen molar-refractivity contribution < 1.29 is 19.1 Å². The van der Waals surface area contributed by atoms with Crippen LogP contribution < -0.4 is 5.73 Å². The summed E-state index contributed by atoms with van der Waals surface area (Å²) in [5.74, 6) is -1.15.